The van der Waals surface area contributed by atoms with E-state index in [1.54, 1.807) is 6.07 Å². The number of halogens is 2. The number of carbonyl (C=O) groups is 2. The van der Waals surface area contributed by atoms with Gasteiger partial charge in [-0.1, -0.05) is 11.6 Å². The molecule has 1 aromatic carbocycles. The minimum absolute atomic E-state index is 0. The van der Waals surface area contributed by atoms with Crippen LogP contribution in [0.3, 0.4) is 0 Å². The van der Waals surface area contributed by atoms with Gasteiger partial charge in [-0.3, -0.25) is 4.79 Å². The van der Waals surface area contributed by atoms with Gasteiger partial charge in [0.25, 0.3) is 0 Å². The van der Waals surface area contributed by atoms with E-state index in [0.29, 0.717) is 5.69 Å². The zero-order valence-electron chi connectivity index (χ0n) is 11.6. The van der Waals surface area contributed by atoms with E-state index in [4.69, 9.17) is 11.6 Å². The van der Waals surface area contributed by atoms with Crippen LogP contribution in [0, 0.1) is 5.92 Å². The summed E-state index contributed by atoms with van der Waals surface area (Å²) >= 11 is 5.97. The van der Waals surface area contributed by atoms with E-state index in [2.05, 4.69) is 15.4 Å². The van der Waals surface area contributed by atoms with Gasteiger partial charge in [-0.15, -0.1) is 12.4 Å². The Labute approximate surface area is 134 Å². The van der Waals surface area contributed by atoms with E-state index >= 15 is 0 Å². The molecule has 0 bridgehead atoms. The molecular weight excluding hydrogens is 315 g/mol. The van der Waals surface area contributed by atoms with Gasteiger partial charge in [0.1, 0.15) is 0 Å². The summed E-state index contributed by atoms with van der Waals surface area (Å²) in [4.78, 5) is 23.1. The van der Waals surface area contributed by atoms with E-state index in [1.165, 1.54) is 32.1 Å². The standard InChI is InChI=1S/C14H17ClN2O3.ClH/c1-20-14(19)11-5-4-10(6-12(11)15)17-13(18)8-16-7-9-2-3-9;/h4-6,9,16H,2-3,7-8H2,1H3,(H,17,18);1H. The lowest BCUT2D eigenvalue weighted by Gasteiger charge is -2.08. The fourth-order valence-corrected chi connectivity index (χ4v) is 2.04. The molecule has 1 aliphatic rings. The summed E-state index contributed by atoms with van der Waals surface area (Å²) in [6.45, 7) is 1.16. The van der Waals surface area contributed by atoms with Crippen molar-refractivity contribution < 1.29 is 14.3 Å². The Balaban J connectivity index is 0.00000220. The minimum Gasteiger partial charge on any atom is -0.465 e. The monoisotopic (exact) mass is 332 g/mol. The summed E-state index contributed by atoms with van der Waals surface area (Å²) in [6.07, 6.45) is 2.50. The number of esters is 1. The summed E-state index contributed by atoms with van der Waals surface area (Å²) in [6, 6.07) is 4.69. The van der Waals surface area contributed by atoms with Crippen LogP contribution < -0.4 is 10.6 Å². The van der Waals surface area contributed by atoms with E-state index < -0.39 is 5.97 Å². The van der Waals surface area contributed by atoms with Gasteiger partial charge < -0.3 is 15.4 Å². The molecule has 0 saturated heterocycles. The molecule has 0 atom stereocenters. The SMILES string of the molecule is COC(=O)c1ccc(NC(=O)CNCC2CC2)cc1Cl.Cl. The predicted octanol–water partition coefficient (Wildman–Crippen LogP) is 2.49. The molecule has 21 heavy (non-hydrogen) atoms. The molecule has 0 aliphatic heterocycles. The first kappa shape index (κ1) is 17.8. The Morgan fingerprint density at radius 2 is 2.10 bits per heavy atom. The molecule has 1 aliphatic carbocycles. The first-order valence-corrected chi connectivity index (χ1v) is 6.86. The molecule has 2 rings (SSSR count). The smallest absolute Gasteiger partial charge is 0.339 e. The van der Waals surface area contributed by atoms with Crippen LogP contribution in [0.2, 0.25) is 5.02 Å². The van der Waals surface area contributed by atoms with Crippen LogP contribution in [0.1, 0.15) is 23.2 Å². The zero-order valence-corrected chi connectivity index (χ0v) is 13.2. The number of ether oxygens (including phenoxy) is 1. The summed E-state index contributed by atoms with van der Waals surface area (Å²) in [7, 11) is 1.29. The number of methoxy groups -OCH3 is 1. The number of carbonyl (C=O) groups excluding carboxylic acids is 2. The van der Waals surface area contributed by atoms with Crippen molar-refractivity contribution in [3.63, 3.8) is 0 Å². The Morgan fingerprint density at radius 1 is 1.38 bits per heavy atom. The molecular formula is C14H18Cl2N2O3. The van der Waals surface area contributed by atoms with E-state index in [1.807, 2.05) is 0 Å². The number of hydrogen-bond acceptors (Lipinski definition) is 4. The summed E-state index contributed by atoms with van der Waals surface area (Å²) < 4.78 is 4.60. The van der Waals surface area contributed by atoms with Gasteiger partial charge in [-0.25, -0.2) is 4.79 Å². The summed E-state index contributed by atoms with van der Waals surface area (Å²) in [5, 5.41) is 6.08. The third-order valence-corrected chi connectivity index (χ3v) is 3.39. The average molecular weight is 333 g/mol. The number of amides is 1. The predicted molar refractivity (Wildman–Crippen MR) is 84.3 cm³/mol. The summed E-state index contributed by atoms with van der Waals surface area (Å²) in [5.41, 5.74) is 0.833. The molecule has 1 saturated carbocycles. The van der Waals surface area contributed by atoms with E-state index in [9.17, 15) is 9.59 Å². The second-order valence-electron chi connectivity index (χ2n) is 4.81. The van der Waals surface area contributed by atoms with E-state index in [-0.39, 0.29) is 35.4 Å². The average Bonchev–Trinajstić information content (AvgIpc) is 3.22. The first-order chi connectivity index (χ1) is 9.60. The Morgan fingerprint density at radius 3 is 2.67 bits per heavy atom. The maximum absolute atomic E-state index is 11.7. The Hall–Kier alpha value is -1.30. The normalized spacial score (nSPS) is 13.2. The number of nitrogens with one attached hydrogen (secondary N) is 2. The lowest BCUT2D eigenvalue weighted by molar-refractivity contribution is -0.115. The number of anilines is 1. The van der Waals surface area contributed by atoms with Gasteiger partial charge in [0.05, 0.1) is 24.2 Å². The maximum Gasteiger partial charge on any atom is 0.339 e. The lowest BCUT2D eigenvalue weighted by atomic mass is 10.2. The van der Waals surface area contributed by atoms with Gasteiger partial charge in [-0.2, -0.15) is 0 Å². The topological polar surface area (TPSA) is 67.4 Å². The Bertz CT molecular complexity index is 519. The van der Waals surface area contributed by atoms with Gasteiger partial charge >= 0.3 is 5.97 Å². The highest BCUT2D eigenvalue weighted by atomic mass is 35.5. The molecule has 0 aromatic heterocycles. The molecule has 1 amide bonds. The first-order valence-electron chi connectivity index (χ1n) is 6.48. The minimum atomic E-state index is -0.501. The van der Waals surface area contributed by atoms with Crippen molar-refractivity contribution in [1.82, 2.24) is 5.32 Å². The van der Waals surface area contributed by atoms with Crippen LogP contribution in [0.5, 0.6) is 0 Å². The van der Waals surface area contributed by atoms with Crippen LogP contribution >= 0.6 is 24.0 Å². The Kier molecular flexibility index (Phi) is 6.95. The van der Waals surface area contributed by atoms with Crippen LogP contribution in [0.15, 0.2) is 18.2 Å². The highest BCUT2D eigenvalue weighted by Gasteiger charge is 2.20. The van der Waals surface area contributed by atoms with Crippen LogP contribution in [0.25, 0.3) is 0 Å². The molecule has 2 N–H and O–H groups in total. The second-order valence-corrected chi connectivity index (χ2v) is 5.22. The quantitative estimate of drug-likeness (QED) is 0.785. The van der Waals surface area contributed by atoms with Gasteiger partial charge in [0.15, 0.2) is 0 Å². The fraction of sp³-hybridized carbons (Fsp3) is 0.429. The molecule has 1 aromatic rings. The third kappa shape index (κ3) is 5.53. The van der Waals surface area contributed by atoms with Crippen molar-refractivity contribution in [2.75, 3.05) is 25.5 Å². The molecule has 7 heteroatoms. The molecule has 5 nitrogen and oxygen atoms in total. The van der Waals surface area contributed by atoms with Crippen molar-refractivity contribution in [2.24, 2.45) is 5.92 Å². The van der Waals surface area contributed by atoms with Crippen LogP contribution in [0.4, 0.5) is 5.69 Å². The van der Waals surface area contributed by atoms with E-state index in [0.717, 1.165) is 12.5 Å². The van der Waals surface area contributed by atoms with Crippen molar-refractivity contribution in [2.45, 2.75) is 12.8 Å². The maximum atomic E-state index is 11.7. The lowest BCUT2D eigenvalue weighted by Crippen LogP contribution is -2.29. The number of rotatable bonds is 6. The van der Waals surface area contributed by atoms with Gasteiger partial charge in [0.2, 0.25) is 5.91 Å². The van der Waals surface area contributed by atoms with Crippen molar-refractivity contribution in [1.29, 1.82) is 0 Å². The number of benzene rings is 1. The van der Waals surface area contributed by atoms with Gasteiger partial charge in [0, 0.05) is 5.69 Å². The van der Waals surface area contributed by atoms with Crippen LogP contribution in [-0.4, -0.2) is 32.1 Å². The van der Waals surface area contributed by atoms with Gasteiger partial charge in [-0.05, 0) is 43.5 Å². The molecule has 116 valence electrons. The number of hydrogen-bond donors (Lipinski definition) is 2. The molecule has 0 radical (unpaired) electrons. The molecule has 1 fully saturated rings. The van der Waals surface area contributed by atoms with Crippen molar-refractivity contribution in [3.8, 4) is 0 Å². The molecule has 0 spiro atoms. The third-order valence-electron chi connectivity index (χ3n) is 3.07. The second kappa shape index (κ2) is 8.22. The largest absolute Gasteiger partial charge is 0.465 e. The molecule has 0 heterocycles. The van der Waals surface area contributed by atoms with Crippen molar-refractivity contribution in [3.05, 3.63) is 28.8 Å². The fourth-order valence-electron chi connectivity index (χ4n) is 1.79. The summed E-state index contributed by atoms with van der Waals surface area (Å²) in [5.74, 6) is 0.100. The molecule has 0 unspecified atom stereocenters. The van der Waals surface area contributed by atoms with Crippen LogP contribution in [-0.2, 0) is 9.53 Å². The highest BCUT2D eigenvalue weighted by Crippen LogP contribution is 2.27. The zero-order chi connectivity index (χ0) is 14.5. The van der Waals surface area contributed by atoms with Crippen molar-refractivity contribution >= 4 is 41.6 Å². The highest BCUT2D eigenvalue weighted by molar-refractivity contribution is 6.34.